The molecule has 4 heteroatoms. The maximum absolute atomic E-state index is 11.2. The second kappa shape index (κ2) is 14.4. The molecule has 2 N–H and O–H groups in total. The molecule has 0 atom stereocenters. The minimum Gasteiger partial charge on any atom is -0.466 e. The van der Waals surface area contributed by atoms with Gasteiger partial charge < -0.3 is 10.5 Å². The van der Waals surface area contributed by atoms with E-state index in [0.29, 0.717) is 6.61 Å². The van der Waals surface area contributed by atoms with E-state index >= 15 is 0 Å². The molecule has 0 fully saturated rings. The van der Waals surface area contributed by atoms with Gasteiger partial charge in [0.25, 0.3) is 0 Å². The first-order valence-electron chi connectivity index (χ1n) is 8.10. The van der Waals surface area contributed by atoms with Crippen LogP contribution in [0.4, 0.5) is 0 Å². The molecule has 0 rings (SSSR count). The first kappa shape index (κ1) is 18.9. The number of hydrogen-bond donors (Lipinski definition) is 1. The molecule has 0 aliphatic carbocycles. The van der Waals surface area contributed by atoms with E-state index in [1.165, 1.54) is 51.4 Å². The second-order valence-corrected chi connectivity index (χ2v) is 5.37. The van der Waals surface area contributed by atoms with Crippen molar-refractivity contribution in [2.24, 2.45) is 5.73 Å². The Labute approximate surface area is 123 Å². The maximum Gasteiger partial charge on any atom is 0.306 e. The standard InChI is InChI=1S/C16H31NO3/c1-2-3-4-5-6-7-8-9-10-11-14-20-16(19)13-12-15(17)18/h2-14H2,1H3,(H2,17,18). The number of hydrogen-bond acceptors (Lipinski definition) is 3. The molecule has 20 heavy (non-hydrogen) atoms. The summed E-state index contributed by atoms with van der Waals surface area (Å²) in [7, 11) is 0. The minimum absolute atomic E-state index is 0.0802. The van der Waals surface area contributed by atoms with Gasteiger partial charge in [-0.15, -0.1) is 0 Å². The zero-order valence-electron chi connectivity index (χ0n) is 13.0. The predicted molar refractivity (Wildman–Crippen MR) is 81.2 cm³/mol. The summed E-state index contributed by atoms with van der Waals surface area (Å²) in [6, 6.07) is 0. The average molecular weight is 285 g/mol. The Morgan fingerprint density at radius 3 is 1.80 bits per heavy atom. The fourth-order valence-corrected chi connectivity index (χ4v) is 2.07. The van der Waals surface area contributed by atoms with Crippen LogP contribution in [0.1, 0.15) is 84.0 Å². The summed E-state index contributed by atoms with van der Waals surface area (Å²) in [5, 5.41) is 0. The summed E-state index contributed by atoms with van der Waals surface area (Å²) >= 11 is 0. The molecule has 0 radical (unpaired) electrons. The third-order valence-corrected chi connectivity index (χ3v) is 3.34. The van der Waals surface area contributed by atoms with Crippen molar-refractivity contribution in [3.63, 3.8) is 0 Å². The van der Waals surface area contributed by atoms with Crippen LogP contribution in [0.3, 0.4) is 0 Å². The van der Waals surface area contributed by atoms with Crippen LogP contribution in [0.5, 0.6) is 0 Å². The topological polar surface area (TPSA) is 69.4 Å². The normalized spacial score (nSPS) is 10.4. The highest BCUT2D eigenvalue weighted by Gasteiger charge is 2.04. The molecule has 0 aromatic rings. The molecule has 0 aromatic carbocycles. The monoisotopic (exact) mass is 285 g/mol. The fourth-order valence-electron chi connectivity index (χ4n) is 2.07. The molecule has 118 valence electrons. The highest BCUT2D eigenvalue weighted by atomic mass is 16.5. The van der Waals surface area contributed by atoms with Crippen LogP contribution in [0.15, 0.2) is 0 Å². The maximum atomic E-state index is 11.2. The Bertz CT molecular complexity index is 254. The Kier molecular flexibility index (Phi) is 13.6. The Morgan fingerprint density at radius 1 is 0.800 bits per heavy atom. The lowest BCUT2D eigenvalue weighted by Crippen LogP contribution is -2.14. The molecule has 0 bridgehead atoms. The van der Waals surface area contributed by atoms with Gasteiger partial charge in [0, 0.05) is 6.42 Å². The minimum atomic E-state index is -0.458. The number of primary amides is 1. The van der Waals surface area contributed by atoms with E-state index in [1.807, 2.05) is 0 Å². The van der Waals surface area contributed by atoms with E-state index in [0.717, 1.165) is 12.8 Å². The van der Waals surface area contributed by atoms with E-state index in [1.54, 1.807) is 0 Å². The molecule has 0 unspecified atom stereocenters. The number of ether oxygens (including phenoxy) is 1. The van der Waals surface area contributed by atoms with Crippen molar-refractivity contribution in [2.75, 3.05) is 6.61 Å². The van der Waals surface area contributed by atoms with Crippen molar-refractivity contribution in [3.05, 3.63) is 0 Å². The number of carbonyl (C=O) groups excluding carboxylic acids is 2. The molecule has 0 aromatic heterocycles. The summed E-state index contributed by atoms with van der Waals surface area (Å²) in [6.07, 6.45) is 12.8. The molecular formula is C16H31NO3. The third kappa shape index (κ3) is 15.0. The van der Waals surface area contributed by atoms with Crippen molar-refractivity contribution in [1.29, 1.82) is 0 Å². The fraction of sp³-hybridized carbons (Fsp3) is 0.875. The van der Waals surface area contributed by atoms with Crippen LogP contribution >= 0.6 is 0 Å². The van der Waals surface area contributed by atoms with E-state index in [-0.39, 0.29) is 18.8 Å². The van der Waals surface area contributed by atoms with Gasteiger partial charge >= 0.3 is 5.97 Å². The van der Waals surface area contributed by atoms with Gasteiger partial charge in [0.15, 0.2) is 0 Å². The third-order valence-electron chi connectivity index (χ3n) is 3.34. The van der Waals surface area contributed by atoms with E-state index in [4.69, 9.17) is 10.5 Å². The van der Waals surface area contributed by atoms with Gasteiger partial charge in [-0.1, -0.05) is 64.7 Å². The summed E-state index contributed by atoms with van der Waals surface area (Å²) in [6.45, 7) is 2.70. The lowest BCUT2D eigenvalue weighted by atomic mass is 10.1. The lowest BCUT2D eigenvalue weighted by Gasteiger charge is -2.04. The van der Waals surface area contributed by atoms with Crippen molar-refractivity contribution < 1.29 is 14.3 Å². The van der Waals surface area contributed by atoms with Crippen LogP contribution < -0.4 is 5.73 Å². The van der Waals surface area contributed by atoms with E-state index in [9.17, 15) is 9.59 Å². The molecule has 0 spiro atoms. The molecule has 0 saturated heterocycles. The van der Waals surface area contributed by atoms with Gasteiger partial charge in [-0.2, -0.15) is 0 Å². The molecule has 4 nitrogen and oxygen atoms in total. The molecular weight excluding hydrogens is 254 g/mol. The number of rotatable bonds is 14. The number of amides is 1. The lowest BCUT2D eigenvalue weighted by molar-refractivity contribution is -0.144. The summed E-state index contributed by atoms with van der Waals surface area (Å²) in [5.74, 6) is -0.777. The van der Waals surface area contributed by atoms with Gasteiger partial charge in [-0.3, -0.25) is 9.59 Å². The van der Waals surface area contributed by atoms with Crippen LogP contribution in [0.2, 0.25) is 0 Å². The van der Waals surface area contributed by atoms with Gasteiger partial charge in [0.1, 0.15) is 0 Å². The second-order valence-electron chi connectivity index (χ2n) is 5.37. The first-order valence-corrected chi connectivity index (χ1v) is 8.10. The largest absolute Gasteiger partial charge is 0.466 e. The Morgan fingerprint density at radius 2 is 1.30 bits per heavy atom. The van der Waals surface area contributed by atoms with Gasteiger partial charge in [-0.25, -0.2) is 0 Å². The highest BCUT2D eigenvalue weighted by molar-refractivity contribution is 5.79. The molecule has 0 aliphatic rings. The van der Waals surface area contributed by atoms with Crippen LogP contribution in [0, 0.1) is 0 Å². The summed E-state index contributed by atoms with van der Waals surface area (Å²) in [5.41, 5.74) is 4.96. The smallest absolute Gasteiger partial charge is 0.306 e. The summed E-state index contributed by atoms with van der Waals surface area (Å²) in [4.78, 5) is 21.7. The predicted octanol–water partition coefficient (Wildman–Crippen LogP) is 3.72. The molecule has 1 amide bonds. The van der Waals surface area contributed by atoms with E-state index < -0.39 is 5.91 Å². The number of nitrogens with two attached hydrogens (primary N) is 1. The molecule has 0 saturated carbocycles. The Balaban J connectivity index is 3.12. The quantitative estimate of drug-likeness (QED) is 0.390. The van der Waals surface area contributed by atoms with Crippen molar-refractivity contribution in [1.82, 2.24) is 0 Å². The van der Waals surface area contributed by atoms with Crippen LogP contribution in [-0.4, -0.2) is 18.5 Å². The number of esters is 1. The first-order chi connectivity index (χ1) is 9.66. The molecule has 0 heterocycles. The van der Waals surface area contributed by atoms with Gasteiger partial charge in [-0.05, 0) is 6.42 Å². The summed E-state index contributed by atoms with van der Waals surface area (Å²) < 4.78 is 5.02. The Hall–Kier alpha value is -1.06. The van der Waals surface area contributed by atoms with Crippen molar-refractivity contribution in [3.8, 4) is 0 Å². The zero-order valence-corrected chi connectivity index (χ0v) is 13.0. The van der Waals surface area contributed by atoms with Crippen molar-refractivity contribution in [2.45, 2.75) is 84.0 Å². The SMILES string of the molecule is CCCCCCCCCCCCOC(=O)CCC(N)=O. The van der Waals surface area contributed by atoms with Crippen LogP contribution in [0.25, 0.3) is 0 Å². The average Bonchev–Trinajstić information content (AvgIpc) is 2.42. The molecule has 0 aliphatic heterocycles. The highest BCUT2D eigenvalue weighted by Crippen LogP contribution is 2.10. The van der Waals surface area contributed by atoms with Gasteiger partial charge in [0.05, 0.1) is 13.0 Å². The zero-order chi connectivity index (χ0) is 15.1. The number of unbranched alkanes of at least 4 members (excludes halogenated alkanes) is 9. The van der Waals surface area contributed by atoms with Gasteiger partial charge in [0.2, 0.25) is 5.91 Å². The van der Waals surface area contributed by atoms with E-state index in [2.05, 4.69) is 6.92 Å². The number of carbonyl (C=O) groups is 2. The van der Waals surface area contributed by atoms with Crippen molar-refractivity contribution >= 4 is 11.9 Å². The van der Waals surface area contributed by atoms with Crippen LogP contribution in [-0.2, 0) is 14.3 Å².